The summed E-state index contributed by atoms with van der Waals surface area (Å²) in [5.41, 5.74) is 0. The number of hydrogen-bond donors (Lipinski definition) is 0. The maximum absolute atomic E-state index is 10.7. The maximum atomic E-state index is 10.7. The van der Waals surface area contributed by atoms with Crippen LogP contribution in [0.25, 0.3) is 0 Å². The zero-order valence-corrected chi connectivity index (χ0v) is 33.8. The van der Waals surface area contributed by atoms with E-state index in [-0.39, 0.29) is 31.5 Å². The lowest BCUT2D eigenvalue weighted by atomic mass is 10.1. The number of carbonyl (C=O) groups is 2. The monoisotopic (exact) mass is 735 g/mol. The molecule has 304 valence electrons. The first-order valence-electron chi connectivity index (χ1n) is 20.1. The number of carbonyl (C=O) groups excluding carboxylic acids is 2. The van der Waals surface area contributed by atoms with E-state index in [1.165, 1.54) is 64.2 Å². The topological polar surface area (TPSA) is 136 Å². The van der Waals surface area contributed by atoms with Crippen LogP contribution in [0.2, 0.25) is 0 Å². The van der Waals surface area contributed by atoms with Crippen molar-refractivity contribution >= 4 is 11.9 Å². The lowest BCUT2D eigenvalue weighted by molar-refractivity contribution is -0.983. The molecule has 51 heavy (non-hydrogen) atoms. The zero-order chi connectivity index (χ0) is 38.2. The minimum atomic E-state index is -1.23. The van der Waals surface area contributed by atoms with E-state index < -0.39 is 25.2 Å². The lowest BCUT2D eigenvalue weighted by Crippen LogP contribution is -2.62. The standard InChI is InChI=1S/C39H78N2O10/c1-8-12-13-14-15-16-17-18-19-20-21-40(9-2,30-35(5)50-28-25-47-33-38(42)43)22-23-41(10-3,31-36(6)49-27-24-46-11-4)32-37(7)51-29-26-48-34-39(44)45/h35-37H,8-34H2,1-7H3. The van der Waals surface area contributed by atoms with E-state index in [0.717, 1.165) is 61.3 Å². The van der Waals surface area contributed by atoms with Gasteiger partial charge in [0.2, 0.25) is 0 Å². The Kier molecular flexibility index (Phi) is 31.2. The van der Waals surface area contributed by atoms with E-state index >= 15 is 0 Å². The second kappa shape index (κ2) is 32.1. The van der Waals surface area contributed by atoms with Gasteiger partial charge in [0, 0.05) is 6.61 Å². The maximum Gasteiger partial charge on any atom is 0.129 e. The molecular weight excluding hydrogens is 656 g/mol. The number of carboxylic acid groups (broad SMARTS) is 2. The molecule has 0 aromatic heterocycles. The van der Waals surface area contributed by atoms with Gasteiger partial charge in [-0.25, -0.2) is 0 Å². The van der Waals surface area contributed by atoms with Crippen LogP contribution in [0.4, 0.5) is 0 Å². The van der Waals surface area contributed by atoms with Crippen molar-refractivity contribution in [2.75, 3.05) is 112 Å². The highest BCUT2D eigenvalue weighted by atomic mass is 16.5. The number of likely N-dealkylation sites (N-methyl/N-ethyl adjacent to an activating group) is 2. The summed E-state index contributed by atoms with van der Waals surface area (Å²) in [4.78, 5) is 21.4. The Balaban J connectivity index is 5.72. The van der Waals surface area contributed by atoms with E-state index in [9.17, 15) is 19.8 Å². The number of aliphatic carboxylic acids is 2. The van der Waals surface area contributed by atoms with E-state index in [1.807, 2.05) is 6.92 Å². The van der Waals surface area contributed by atoms with Gasteiger partial charge in [0.1, 0.15) is 51.0 Å². The van der Waals surface area contributed by atoms with Gasteiger partial charge in [0.25, 0.3) is 0 Å². The van der Waals surface area contributed by atoms with Crippen LogP contribution in [-0.4, -0.2) is 151 Å². The normalized spacial score (nSPS) is 16.0. The van der Waals surface area contributed by atoms with Gasteiger partial charge in [0.15, 0.2) is 0 Å². The summed E-state index contributed by atoms with van der Waals surface area (Å²) in [5, 5.41) is 21.4. The molecule has 0 bridgehead atoms. The summed E-state index contributed by atoms with van der Waals surface area (Å²) in [6, 6.07) is 0. The fourth-order valence-electron chi connectivity index (χ4n) is 6.95. The summed E-state index contributed by atoms with van der Waals surface area (Å²) in [6.45, 7) is 24.5. The van der Waals surface area contributed by atoms with E-state index in [4.69, 9.17) is 28.4 Å². The summed E-state index contributed by atoms with van der Waals surface area (Å²) < 4.78 is 36.1. The molecule has 0 aliphatic heterocycles. The first kappa shape index (κ1) is 49.6. The lowest BCUT2D eigenvalue weighted by Gasteiger charge is -2.45. The minimum absolute atomic E-state index is 0.0211. The van der Waals surface area contributed by atoms with Crippen molar-refractivity contribution in [1.29, 1.82) is 0 Å². The molecule has 0 aromatic carbocycles. The van der Waals surface area contributed by atoms with Gasteiger partial charge in [-0.1, -0.05) is 58.3 Å². The number of carboxylic acids is 2. The molecule has 5 unspecified atom stereocenters. The van der Waals surface area contributed by atoms with Crippen LogP contribution >= 0.6 is 0 Å². The molecule has 0 aliphatic carbocycles. The fourth-order valence-corrected chi connectivity index (χ4v) is 6.95. The number of ether oxygens (including phenoxy) is 6. The Bertz CT molecular complexity index is 838. The SMILES string of the molecule is CCCCCCCCCCCC[N+](CC)(CC[N+](CC)(CC(C)OCCOCC)CC(C)OCCOCC(=O)[O-])CC(C)OCCOCC(=O)[O-]. The van der Waals surface area contributed by atoms with Crippen molar-refractivity contribution < 1.29 is 57.2 Å². The van der Waals surface area contributed by atoms with Crippen molar-refractivity contribution in [3.63, 3.8) is 0 Å². The molecule has 0 spiro atoms. The molecule has 12 nitrogen and oxygen atoms in total. The number of nitrogens with zero attached hydrogens (tertiary/aromatic N) is 2. The molecular formula is C39H78N2O10. The van der Waals surface area contributed by atoms with Crippen LogP contribution in [-0.2, 0) is 38.0 Å². The highest BCUT2D eigenvalue weighted by Crippen LogP contribution is 2.20. The number of hydrogen-bond acceptors (Lipinski definition) is 10. The molecule has 0 saturated carbocycles. The summed E-state index contributed by atoms with van der Waals surface area (Å²) in [7, 11) is 0. The Labute approximate surface area is 311 Å². The summed E-state index contributed by atoms with van der Waals surface area (Å²) in [6.07, 6.45) is 12.9. The van der Waals surface area contributed by atoms with E-state index in [0.29, 0.717) is 33.0 Å². The average molecular weight is 735 g/mol. The second-order valence-electron chi connectivity index (χ2n) is 14.3. The largest absolute Gasteiger partial charge is 0.548 e. The van der Waals surface area contributed by atoms with Crippen molar-refractivity contribution in [2.45, 2.75) is 131 Å². The molecule has 12 heteroatoms. The van der Waals surface area contributed by atoms with Crippen LogP contribution < -0.4 is 10.2 Å². The van der Waals surface area contributed by atoms with E-state index in [2.05, 4.69) is 41.5 Å². The third-order valence-corrected chi connectivity index (χ3v) is 9.84. The highest BCUT2D eigenvalue weighted by molar-refractivity contribution is 5.65. The van der Waals surface area contributed by atoms with Crippen LogP contribution in [0, 0.1) is 0 Å². The molecule has 0 fully saturated rings. The zero-order valence-electron chi connectivity index (χ0n) is 33.8. The van der Waals surface area contributed by atoms with Gasteiger partial charge in [-0.15, -0.1) is 0 Å². The predicted molar refractivity (Wildman–Crippen MR) is 197 cm³/mol. The van der Waals surface area contributed by atoms with Crippen molar-refractivity contribution in [3.8, 4) is 0 Å². The second-order valence-corrected chi connectivity index (χ2v) is 14.3. The third kappa shape index (κ3) is 27.8. The Morgan fingerprint density at radius 3 is 1.25 bits per heavy atom. The Morgan fingerprint density at radius 2 is 0.863 bits per heavy atom. The van der Waals surface area contributed by atoms with E-state index in [1.54, 1.807) is 0 Å². The average Bonchev–Trinajstić information content (AvgIpc) is 3.09. The molecule has 0 radical (unpaired) electrons. The van der Waals surface area contributed by atoms with Gasteiger partial charge in [-0.3, -0.25) is 0 Å². The first-order chi connectivity index (χ1) is 24.5. The van der Waals surface area contributed by atoms with Crippen molar-refractivity contribution in [3.05, 3.63) is 0 Å². The molecule has 0 heterocycles. The molecule has 0 saturated heterocycles. The van der Waals surface area contributed by atoms with Gasteiger partial charge in [0.05, 0.1) is 84.4 Å². The first-order valence-corrected chi connectivity index (χ1v) is 20.1. The number of unbranched alkanes of at least 4 members (excludes halogenated alkanes) is 9. The molecule has 0 N–H and O–H groups in total. The highest BCUT2D eigenvalue weighted by Gasteiger charge is 2.36. The smallest absolute Gasteiger partial charge is 0.129 e. The predicted octanol–water partition coefficient (Wildman–Crippen LogP) is 3.37. The van der Waals surface area contributed by atoms with Gasteiger partial charge >= 0.3 is 0 Å². The quantitative estimate of drug-likeness (QED) is 0.0684. The minimum Gasteiger partial charge on any atom is -0.548 e. The van der Waals surface area contributed by atoms with Crippen LogP contribution in [0.15, 0.2) is 0 Å². The summed E-state index contributed by atoms with van der Waals surface area (Å²) in [5.74, 6) is -2.46. The van der Waals surface area contributed by atoms with Gasteiger partial charge in [-0.2, -0.15) is 0 Å². The molecule has 0 aliphatic rings. The van der Waals surface area contributed by atoms with Crippen molar-refractivity contribution in [1.82, 2.24) is 0 Å². The molecule has 0 rings (SSSR count). The Hall–Kier alpha value is -1.38. The number of quaternary nitrogens is 2. The van der Waals surface area contributed by atoms with Crippen LogP contribution in [0.5, 0.6) is 0 Å². The summed E-state index contributed by atoms with van der Waals surface area (Å²) >= 11 is 0. The van der Waals surface area contributed by atoms with Crippen LogP contribution in [0.1, 0.15) is 113 Å². The number of rotatable bonds is 39. The van der Waals surface area contributed by atoms with Crippen LogP contribution in [0.3, 0.4) is 0 Å². The van der Waals surface area contributed by atoms with Gasteiger partial charge < -0.3 is 57.2 Å². The molecule has 0 amide bonds. The van der Waals surface area contributed by atoms with Crippen molar-refractivity contribution in [2.24, 2.45) is 0 Å². The van der Waals surface area contributed by atoms with Gasteiger partial charge in [-0.05, 0) is 54.4 Å². The molecule has 0 aromatic rings. The fraction of sp³-hybridized carbons (Fsp3) is 0.949. The molecule has 5 atom stereocenters. The third-order valence-electron chi connectivity index (χ3n) is 9.84. The Morgan fingerprint density at radius 1 is 0.490 bits per heavy atom.